The number of methoxy groups -OCH3 is 2. The van der Waals surface area contributed by atoms with Crippen LogP contribution in [0, 0.1) is 0 Å². The zero-order valence-electron chi connectivity index (χ0n) is 24.8. The Morgan fingerprint density at radius 1 is 0.886 bits per heavy atom. The van der Waals surface area contributed by atoms with Gasteiger partial charge in [0.05, 0.1) is 32.7 Å². The number of rotatable bonds is 11. The number of hydrogen-bond donors (Lipinski definition) is 0. The first-order chi connectivity index (χ1) is 21.2. The van der Waals surface area contributed by atoms with Crippen LogP contribution in [0.15, 0.2) is 95.4 Å². The molecular formula is C35H33NO7S. The highest BCUT2D eigenvalue weighted by Crippen LogP contribution is 2.48. The number of anilines is 1. The van der Waals surface area contributed by atoms with Crippen molar-refractivity contribution in [2.24, 2.45) is 0 Å². The minimum atomic E-state index is -3.68. The molecule has 0 atom stereocenters. The number of fused-ring (bicyclic) bond motifs is 1. The first-order valence-corrected chi connectivity index (χ1v) is 16.2. The number of ether oxygens (including phenoxy) is 3. The Labute approximate surface area is 256 Å². The highest BCUT2D eigenvalue weighted by molar-refractivity contribution is 7.92. The molecule has 1 aromatic heterocycles. The van der Waals surface area contributed by atoms with Crippen LogP contribution in [0.4, 0.5) is 5.69 Å². The molecule has 0 N–H and O–H groups in total. The SMILES string of the molecule is COC(=O)c1c(-c2ccc(OCc3ccccc3)cc2)oc2cc(N(Cc3ccc(OC)cc3)S(C)(=O)=O)c(C3CC3)cc12. The largest absolute Gasteiger partial charge is 0.497 e. The van der Waals surface area contributed by atoms with Gasteiger partial charge in [0.1, 0.15) is 35.0 Å². The molecule has 9 heteroatoms. The Morgan fingerprint density at radius 2 is 1.57 bits per heavy atom. The van der Waals surface area contributed by atoms with Crippen LogP contribution in [0.1, 0.15) is 45.8 Å². The number of carbonyl (C=O) groups is 1. The fraction of sp³-hybridized carbons (Fsp3) is 0.229. The number of nitrogens with zero attached hydrogens (tertiary/aromatic N) is 1. The van der Waals surface area contributed by atoms with Crippen molar-refractivity contribution in [3.8, 4) is 22.8 Å². The summed E-state index contributed by atoms with van der Waals surface area (Å²) in [6, 6.07) is 28.1. The third-order valence-electron chi connectivity index (χ3n) is 7.76. The van der Waals surface area contributed by atoms with Gasteiger partial charge in [0.25, 0.3) is 0 Å². The zero-order valence-corrected chi connectivity index (χ0v) is 25.6. The minimum Gasteiger partial charge on any atom is -0.497 e. The van der Waals surface area contributed by atoms with Crippen molar-refractivity contribution in [2.45, 2.75) is 31.9 Å². The first-order valence-electron chi connectivity index (χ1n) is 14.3. The van der Waals surface area contributed by atoms with E-state index in [9.17, 15) is 13.2 Å². The summed E-state index contributed by atoms with van der Waals surface area (Å²) >= 11 is 0. The van der Waals surface area contributed by atoms with E-state index in [2.05, 4.69) is 0 Å². The van der Waals surface area contributed by atoms with Gasteiger partial charge in [-0.25, -0.2) is 13.2 Å². The molecule has 4 aromatic carbocycles. The van der Waals surface area contributed by atoms with E-state index in [-0.39, 0.29) is 12.5 Å². The average molecular weight is 612 g/mol. The standard InChI is InChI=1S/C35H33NO7S/c1-40-27-15-9-23(10-16-27)21-36(44(3,38)39)31-20-32-30(19-29(31)25-11-12-25)33(35(37)41-2)34(43-32)26-13-17-28(18-14-26)42-22-24-7-5-4-6-8-24/h4-10,13-20,25H,11-12,21-22H2,1-3H3. The molecule has 1 fully saturated rings. The molecule has 0 aliphatic heterocycles. The van der Waals surface area contributed by atoms with Gasteiger partial charge >= 0.3 is 5.97 Å². The molecule has 0 amide bonds. The minimum absolute atomic E-state index is 0.135. The van der Waals surface area contributed by atoms with E-state index < -0.39 is 16.0 Å². The Balaban J connectivity index is 1.40. The first kappa shape index (κ1) is 29.3. The normalized spacial score (nSPS) is 13.1. The third-order valence-corrected chi connectivity index (χ3v) is 8.89. The molecule has 5 aromatic rings. The molecule has 1 heterocycles. The molecule has 0 bridgehead atoms. The molecule has 0 saturated heterocycles. The average Bonchev–Trinajstić information content (AvgIpc) is 3.82. The lowest BCUT2D eigenvalue weighted by molar-refractivity contribution is 0.0603. The summed E-state index contributed by atoms with van der Waals surface area (Å²) in [7, 11) is -0.759. The van der Waals surface area contributed by atoms with Gasteiger partial charge in [-0.3, -0.25) is 4.31 Å². The van der Waals surface area contributed by atoms with Crippen LogP contribution in [0.25, 0.3) is 22.3 Å². The van der Waals surface area contributed by atoms with E-state index in [4.69, 9.17) is 18.6 Å². The molecule has 0 unspecified atom stereocenters. The molecule has 6 rings (SSSR count). The third kappa shape index (κ3) is 6.14. The summed E-state index contributed by atoms with van der Waals surface area (Å²) in [4.78, 5) is 13.2. The van der Waals surface area contributed by atoms with Crippen molar-refractivity contribution < 1.29 is 31.8 Å². The predicted octanol–water partition coefficient (Wildman–Crippen LogP) is 7.32. The highest BCUT2D eigenvalue weighted by atomic mass is 32.2. The van der Waals surface area contributed by atoms with Gasteiger partial charge in [0.2, 0.25) is 10.0 Å². The van der Waals surface area contributed by atoms with Crippen LogP contribution in [0.5, 0.6) is 11.5 Å². The van der Waals surface area contributed by atoms with Gasteiger partial charge in [-0.1, -0.05) is 42.5 Å². The maximum Gasteiger partial charge on any atom is 0.342 e. The smallest absolute Gasteiger partial charge is 0.342 e. The Bertz CT molecular complexity index is 1890. The quantitative estimate of drug-likeness (QED) is 0.145. The van der Waals surface area contributed by atoms with Crippen molar-refractivity contribution in [1.82, 2.24) is 0 Å². The Kier molecular flexibility index (Phi) is 8.05. The Hall–Kier alpha value is -4.76. The second kappa shape index (κ2) is 12.1. The second-order valence-electron chi connectivity index (χ2n) is 10.9. The van der Waals surface area contributed by atoms with Gasteiger partial charge in [-0.15, -0.1) is 0 Å². The van der Waals surface area contributed by atoms with E-state index >= 15 is 0 Å². The predicted molar refractivity (Wildman–Crippen MR) is 170 cm³/mol. The fourth-order valence-corrected chi connectivity index (χ4v) is 6.21. The molecule has 8 nitrogen and oxygen atoms in total. The summed E-state index contributed by atoms with van der Waals surface area (Å²) in [5.74, 6) is 1.36. The van der Waals surface area contributed by atoms with Crippen LogP contribution in [0.3, 0.4) is 0 Å². The summed E-state index contributed by atoms with van der Waals surface area (Å²) in [5, 5.41) is 0.583. The van der Waals surface area contributed by atoms with Crippen molar-refractivity contribution in [3.05, 3.63) is 113 Å². The highest BCUT2D eigenvalue weighted by Gasteiger charge is 2.33. The van der Waals surface area contributed by atoms with Crippen molar-refractivity contribution in [1.29, 1.82) is 0 Å². The number of hydrogen-bond acceptors (Lipinski definition) is 7. The van der Waals surface area contributed by atoms with Gasteiger partial charge in [-0.05, 0) is 77.9 Å². The van der Waals surface area contributed by atoms with Crippen LogP contribution in [0.2, 0.25) is 0 Å². The summed E-state index contributed by atoms with van der Waals surface area (Å²) in [6.45, 7) is 0.564. The molecule has 44 heavy (non-hydrogen) atoms. The molecule has 1 aliphatic rings. The molecule has 1 saturated carbocycles. The van der Waals surface area contributed by atoms with E-state index in [1.54, 1.807) is 25.3 Å². The maximum absolute atomic E-state index is 13.2. The van der Waals surface area contributed by atoms with Gasteiger partial charge in [-0.2, -0.15) is 0 Å². The Morgan fingerprint density at radius 3 is 2.18 bits per heavy atom. The van der Waals surface area contributed by atoms with E-state index in [0.717, 1.165) is 29.5 Å². The second-order valence-corrected chi connectivity index (χ2v) is 12.8. The van der Waals surface area contributed by atoms with Crippen LogP contribution in [-0.4, -0.2) is 34.9 Å². The number of carbonyl (C=O) groups excluding carboxylic acids is 1. The lowest BCUT2D eigenvalue weighted by Crippen LogP contribution is -2.30. The lowest BCUT2D eigenvalue weighted by atomic mass is 10.0. The van der Waals surface area contributed by atoms with Gasteiger partial charge in [0.15, 0.2) is 0 Å². The topological polar surface area (TPSA) is 95.3 Å². The fourth-order valence-electron chi connectivity index (χ4n) is 5.32. The van der Waals surface area contributed by atoms with Crippen molar-refractivity contribution in [2.75, 3.05) is 24.8 Å². The maximum atomic E-state index is 13.2. The summed E-state index contributed by atoms with van der Waals surface area (Å²) in [5.41, 5.74) is 4.63. The number of furan rings is 1. The van der Waals surface area contributed by atoms with Crippen LogP contribution >= 0.6 is 0 Å². The monoisotopic (exact) mass is 611 g/mol. The molecular weight excluding hydrogens is 578 g/mol. The number of sulfonamides is 1. The van der Waals surface area contributed by atoms with Crippen LogP contribution in [-0.2, 0) is 27.9 Å². The van der Waals surface area contributed by atoms with Crippen molar-refractivity contribution >= 4 is 32.6 Å². The molecule has 0 radical (unpaired) electrons. The summed E-state index contributed by atoms with van der Waals surface area (Å²) in [6.07, 6.45) is 3.06. The van der Waals surface area contributed by atoms with E-state index in [0.29, 0.717) is 51.6 Å². The number of benzene rings is 4. The lowest BCUT2D eigenvalue weighted by Gasteiger charge is -2.25. The van der Waals surface area contributed by atoms with E-state index in [1.807, 2.05) is 72.8 Å². The number of esters is 1. The van der Waals surface area contributed by atoms with Crippen molar-refractivity contribution in [3.63, 3.8) is 0 Å². The molecule has 0 spiro atoms. The zero-order chi connectivity index (χ0) is 30.8. The molecule has 226 valence electrons. The van der Waals surface area contributed by atoms with E-state index in [1.165, 1.54) is 17.7 Å². The van der Waals surface area contributed by atoms with Gasteiger partial charge in [0, 0.05) is 17.0 Å². The van der Waals surface area contributed by atoms with Gasteiger partial charge < -0.3 is 18.6 Å². The van der Waals surface area contributed by atoms with Crippen LogP contribution < -0.4 is 13.8 Å². The summed E-state index contributed by atoms with van der Waals surface area (Å²) < 4.78 is 50.5. The molecule has 1 aliphatic carbocycles.